The Hall–Kier alpha value is -0.0800. The van der Waals surface area contributed by atoms with Crippen LogP contribution in [0.3, 0.4) is 0 Å². The van der Waals surface area contributed by atoms with Crippen molar-refractivity contribution in [2.75, 3.05) is 0 Å². The Morgan fingerprint density at radius 2 is 1.36 bits per heavy atom. The number of fused-ring (bicyclic) bond motifs is 3. The lowest BCUT2D eigenvalue weighted by atomic mass is 9.61. The minimum atomic E-state index is 0.196. The Labute approximate surface area is 87.6 Å². The summed E-state index contributed by atoms with van der Waals surface area (Å²) in [6.45, 7) is 6.79. The molecule has 0 aromatic heterocycles. The van der Waals surface area contributed by atoms with Crippen molar-refractivity contribution in [3.63, 3.8) is 0 Å². The van der Waals surface area contributed by atoms with Crippen LogP contribution in [0.1, 0.15) is 59.3 Å². The van der Waals surface area contributed by atoms with E-state index in [0.717, 1.165) is 0 Å². The van der Waals surface area contributed by atoms with Crippen LogP contribution < -0.4 is 11.1 Å². The Morgan fingerprint density at radius 3 is 1.71 bits per heavy atom. The number of nitrogens with one attached hydrogen (secondary N) is 1. The molecule has 82 valence electrons. The smallest absolute Gasteiger partial charge is 0.0188 e. The van der Waals surface area contributed by atoms with E-state index in [0.29, 0.717) is 5.54 Å². The van der Waals surface area contributed by atoms with Gasteiger partial charge in [0.1, 0.15) is 0 Å². The zero-order valence-corrected chi connectivity index (χ0v) is 9.82. The van der Waals surface area contributed by atoms with Gasteiger partial charge in [-0.25, -0.2) is 0 Å². The van der Waals surface area contributed by atoms with Crippen molar-refractivity contribution >= 4 is 0 Å². The monoisotopic (exact) mass is 196 g/mol. The largest absolute Gasteiger partial charge is 0.325 e. The van der Waals surface area contributed by atoms with E-state index in [2.05, 4.69) is 26.1 Å². The molecule has 0 aromatic rings. The third kappa shape index (κ3) is 1.96. The summed E-state index contributed by atoms with van der Waals surface area (Å²) < 4.78 is 0. The zero-order valence-electron chi connectivity index (χ0n) is 9.82. The second kappa shape index (κ2) is 2.96. The van der Waals surface area contributed by atoms with Crippen molar-refractivity contribution in [3.05, 3.63) is 0 Å². The molecule has 0 aromatic carbocycles. The Balaban J connectivity index is 2.05. The van der Waals surface area contributed by atoms with Crippen molar-refractivity contribution in [2.24, 2.45) is 5.73 Å². The second-order valence-corrected chi connectivity index (χ2v) is 6.52. The molecule has 2 nitrogen and oxygen atoms in total. The van der Waals surface area contributed by atoms with Crippen molar-refractivity contribution in [2.45, 2.75) is 75.9 Å². The fourth-order valence-electron chi connectivity index (χ4n) is 3.20. The van der Waals surface area contributed by atoms with Crippen LogP contribution in [0.25, 0.3) is 0 Å². The quantitative estimate of drug-likeness (QED) is 0.674. The summed E-state index contributed by atoms with van der Waals surface area (Å²) in [5.41, 5.74) is 7.14. The van der Waals surface area contributed by atoms with E-state index in [4.69, 9.17) is 5.73 Å². The van der Waals surface area contributed by atoms with Gasteiger partial charge in [-0.05, 0) is 59.3 Å². The van der Waals surface area contributed by atoms with E-state index in [1.54, 1.807) is 0 Å². The average Bonchev–Trinajstić information content (AvgIpc) is 2.05. The van der Waals surface area contributed by atoms with Gasteiger partial charge in [0.15, 0.2) is 0 Å². The van der Waals surface area contributed by atoms with Gasteiger partial charge in [0.05, 0.1) is 0 Å². The molecule has 0 spiro atoms. The predicted molar refractivity (Wildman–Crippen MR) is 60.2 cm³/mol. The number of nitrogens with two attached hydrogens (primary N) is 1. The molecule has 0 amide bonds. The van der Waals surface area contributed by atoms with Crippen LogP contribution in [-0.4, -0.2) is 16.6 Å². The maximum absolute atomic E-state index is 6.29. The highest BCUT2D eigenvalue weighted by atomic mass is 15.1. The van der Waals surface area contributed by atoms with E-state index < -0.39 is 0 Å². The van der Waals surface area contributed by atoms with Gasteiger partial charge < -0.3 is 11.1 Å². The highest BCUT2D eigenvalue weighted by molar-refractivity contribution is 5.08. The lowest BCUT2D eigenvalue weighted by Crippen LogP contribution is -2.63. The van der Waals surface area contributed by atoms with Gasteiger partial charge in [-0.15, -0.1) is 0 Å². The Morgan fingerprint density at radius 1 is 0.929 bits per heavy atom. The van der Waals surface area contributed by atoms with Gasteiger partial charge in [-0.1, -0.05) is 0 Å². The zero-order chi connectivity index (χ0) is 10.4. The molecule has 3 fully saturated rings. The molecule has 3 aliphatic rings. The minimum Gasteiger partial charge on any atom is -0.325 e. The molecule has 3 saturated carbocycles. The van der Waals surface area contributed by atoms with Crippen molar-refractivity contribution in [1.29, 1.82) is 0 Å². The van der Waals surface area contributed by atoms with E-state index in [1.807, 2.05) is 0 Å². The first-order valence-electron chi connectivity index (χ1n) is 5.91. The van der Waals surface area contributed by atoms with Gasteiger partial charge in [0.2, 0.25) is 0 Å². The van der Waals surface area contributed by atoms with Crippen molar-refractivity contribution in [3.8, 4) is 0 Å². The van der Waals surface area contributed by atoms with Gasteiger partial charge in [0, 0.05) is 16.6 Å². The summed E-state index contributed by atoms with van der Waals surface area (Å²) >= 11 is 0. The van der Waals surface area contributed by atoms with Crippen LogP contribution >= 0.6 is 0 Å². The first-order chi connectivity index (χ1) is 6.33. The molecule has 0 aliphatic heterocycles. The van der Waals surface area contributed by atoms with E-state index in [9.17, 15) is 0 Å². The summed E-state index contributed by atoms with van der Waals surface area (Å²) in [5, 5.41) is 3.82. The highest BCUT2D eigenvalue weighted by Crippen LogP contribution is 2.46. The molecule has 3 aliphatic carbocycles. The van der Waals surface area contributed by atoms with Crippen LogP contribution in [0, 0.1) is 0 Å². The van der Waals surface area contributed by atoms with Gasteiger partial charge in [-0.2, -0.15) is 0 Å². The first-order valence-corrected chi connectivity index (χ1v) is 5.91. The topological polar surface area (TPSA) is 38.0 Å². The summed E-state index contributed by atoms with van der Waals surface area (Å²) in [7, 11) is 0. The molecule has 3 N–H and O–H groups in total. The third-order valence-electron chi connectivity index (χ3n) is 3.94. The predicted octanol–water partition coefficient (Wildman–Crippen LogP) is 2.18. The standard InChI is InChI=1S/C12H24N2/c1-10(2,3)14-12-7-4-11(13,5-8-12)6-9-12/h14H,4-9,13H2,1-3H3. The number of hydrogen-bond donors (Lipinski definition) is 2. The number of rotatable bonds is 1. The fourth-order valence-corrected chi connectivity index (χ4v) is 3.20. The van der Waals surface area contributed by atoms with E-state index in [1.165, 1.54) is 38.5 Å². The minimum absolute atomic E-state index is 0.196. The van der Waals surface area contributed by atoms with Crippen LogP contribution in [0.5, 0.6) is 0 Å². The SMILES string of the molecule is CC(C)(C)NC12CCC(N)(CC1)CC2. The normalized spacial score (nSPS) is 42.9. The summed E-state index contributed by atoms with van der Waals surface area (Å²) in [4.78, 5) is 0. The average molecular weight is 196 g/mol. The van der Waals surface area contributed by atoms with Crippen molar-refractivity contribution in [1.82, 2.24) is 5.32 Å². The second-order valence-electron chi connectivity index (χ2n) is 6.52. The molecule has 2 bridgehead atoms. The van der Waals surface area contributed by atoms with Crippen LogP contribution in [0.2, 0.25) is 0 Å². The van der Waals surface area contributed by atoms with Gasteiger partial charge in [0.25, 0.3) is 0 Å². The third-order valence-corrected chi connectivity index (χ3v) is 3.94. The van der Waals surface area contributed by atoms with Crippen LogP contribution in [-0.2, 0) is 0 Å². The number of hydrogen-bond acceptors (Lipinski definition) is 2. The van der Waals surface area contributed by atoms with E-state index in [-0.39, 0.29) is 11.1 Å². The molecule has 0 heterocycles. The maximum atomic E-state index is 6.29. The maximum Gasteiger partial charge on any atom is 0.0188 e. The molecule has 14 heavy (non-hydrogen) atoms. The molecular formula is C12H24N2. The summed E-state index contributed by atoms with van der Waals surface area (Å²) in [5.74, 6) is 0. The molecule has 2 heteroatoms. The molecule has 0 radical (unpaired) electrons. The molecular weight excluding hydrogens is 172 g/mol. The van der Waals surface area contributed by atoms with Crippen LogP contribution in [0.15, 0.2) is 0 Å². The molecule has 0 unspecified atom stereocenters. The fraction of sp³-hybridized carbons (Fsp3) is 1.00. The molecule has 0 atom stereocenters. The van der Waals surface area contributed by atoms with E-state index >= 15 is 0 Å². The highest BCUT2D eigenvalue weighted by Gasteiger charge is 2.47. The van der Waals surface area contributed by atoms with Crippen molar-refractivity contribution < 1.29 is 0 Å². The molecule has 3 rings (SSSR count). The lowest BCUT2D eigenvalue weighted by molar-refractivity contribution is 0.0615. The summed E-state index contributed by atoms with van der Waals surface area (Å²) in [6, 6.07) is 0. The van der Waals surface area contributed by atoms with Crippen LogP contribution in [0.4, 0.5) is 0 Å². The Bertz CT molecular complexity index is 202. The first kappa shape index (κ1) is 10.4. The Kier molecular flexibility index (Phi) is 2.20. The molecule has 0 saturated heterocycles. The van der Waals surface area contributed by atoms with Gasteiger partial charge in [-0.3, -0.25) is 0 Å². The lowest BCUT2D eigenvalue weighted by Gasteiger charge is -2.54. The summed E-state index contributed by atoms with van der Waals surface area (Å²) in [6.07, 6.45) is 7.49. The van der Waals surface area contributed by atoms with Gasteiger partial charge >= 0.3 is 0 Å².